The van der Waals surface area contributed by atoms with E-state index in [0.29, 0.717) is 6.54 Å². The first-order valence-electron chi connectivity index (χ1n) is 8.30. The molecule has 0 amide bonds. The molecule has 4 rings (SSSR count). The summed E-state index contributed by atoms with van der Waals surface area (Å²) in [6, 6.07) is 13.7. The Morgan fingerprint density at radius 1 is 1.00 bits per heavy atom. The van der Waals surface area contributed by atoms with Crippen LogP contribution in [0.4, 0.5) is 0 Å². The molecule has 2 aromatic carbocycles. The van der Waals surface area contributed by atoms with Gasteiger partial charge in [-0.2, -0.15) is 0 Å². The van der Waals surface area contributed by atoms with Gasteiger partial charge in [0.15, 0.2) is 5.65 Å². The van der Waals surface area contributed by atoms with Crippen LogP contribution >= 0.6 is 0 Å². The molecule has 0 saturated carbocycles. The summed E-state index contributed by atoms with van der Waals surface area (Å²) < 4.78 is 2.06. The maximum atomic E-state index is 9.22. The number of aliphatic hydroxyl groups excluding tert-OH is 2. The van der Waals surface area contributed by atoms with Gasteiger partial charge in [-0.3, -0.25) is 0 Å². The van der Waals surface area contributed by atoms with Gasteiger partial charge in [-0.1, -0.05) is 30.3 Å². The predicted molar refractivity (Wildman–Crippen MR) is 98.3 cm³/mol. The number of hydrogen-bond acceptors (Lipinski definition) is 5. The molecular weight excluding hydrogens is 316 g/mol. The topological polar surface area (TPSA) is 83.2 Å². The molecule has 0 spiro atoms. The summed E-state index contributed by atoms with van der Waals surface area (Å²) in [4.78, 5) is 9.72. The molecule has 2 heterocycles. The van der Waals surface area contributed by atoms with Crippen LogP contribution in [0.15, 0.2) is 42.5 Å². The van der Waals surface area contributed by atoms with Gasteiger partial charge >= 0.3 is 0 Å². The smallest absolute Gasteiger partial charge is 0.160 e. The Morgan fingerprint density at radius 3 is 2.60 bits per heavy atom. The van der Waals surface area contributed by atoms with E-state index in [1.165, 1.54) is 0 Å². The van der Waals surface area contributed by atoms with Crippen LogP contribution in [0.1, 0.15) is 5.56 Å². The average molecular weight is 336 g/mol. The van der Waals surface area contributed by atoms with Gasteiger partial charge in [0.1, 0.15) is 5.52 Å². The van der Waals surface area contributed by atoms with E-state index in [0.717, 1.165) is 38.7 Å². The normalized spacial score (nSPS) is 12.0. The monoisotopic (exact) mass is 336 g/mol. The van der Waals surface area contributed by atoms with Crippen LogP contribution in [0, 0.1) is 0 Å². The van der Waals surface area contributed by atoms with E-state index in [9.17, 15) is 10.2 Å². The molecule has 0 saturated heterocycles. The van der Waals surface area contributed by atoms with Crippen molar-refractivity contribution in [1.29, 1.82) is 0 Å². The van der Waals surface area contributed by atoms with E-state index >= 15 is 0 Å². The summed E-state index contributed by atoms with van der Waals surface area (Å²) >= 11 is 0. The van der Waals surface area contributed by atoms with Gasteiger partial charge in [0, 0.05) is 19.0 Å². The quantitative estimate of drug-likeness (QED) is 0.517. The van der Waals surface area contributed by atoms with Crippen molar-refractivity contribution in [3.05, 3.63) is 48.0 Å². The number of aliphatic hydroxyl groups is 2. The zero-order chi connectivity index (χ0) is 17.4. The molecule has 0 aliphatic rings. The molecule has 0 aliphatic carbocycles. The number of aromatic nitrogens is 3. The number of rotatable bonds is 5. The molecule has 4 aromatic rings. The largest absolute Gasteiger partial charge is 0.395 e. The minimum Gasteiger partial charge on any atom is -0.395 e. The van der Waals surface area contributed by atoms with Crippen LogP contribution in [0.25, 0.3) is 33.1 Å². The summed E-state index contributed by atoms with van der Waals surface area (Å²) in [5.74, 6) is 0. The zero-order valence-electron chi connectivity index (χ0n) is 14.0. The van der Waals surface area contributed by atoms with E-state index in [1.807, 2.05) is 37.4 Å². The zero-order valence-corrected chi connectivity index (χ0v) is 14.0. The SMILES string of the molecule is Cn1c2ccccc2c2nc3cccc(CNC(CO)CO)c3nc21. The fraction of sp³-hybridized carbons (Fsp3) is 0.263. The van der Waals surface area contributed by atoms with Gasteiger partial charge in [-0.15, -0.1) is 0 Å². The van der Waals surface area contributed by atoms with Crippen molar-refractivity contribution in [2.75, 3.05) is 13.2 Å². The summed E-state index contributed by atoms with van der Waals surface area (Å²) in [5.41, 5.74) is 5.52. The molecular formula is C19H20N4O2. The lowest BCUT2D eigenvalue weighted by Gasteiger charge is -2.14. The first kappa shape index (κ1) is 16.0. The number of nitrogens with one attached hydrogen (secondary N) is 1. The van der Waals surface area contributed by atoms with Crippen molar-refractivity contribution < 1.29 is 10.2 Å². The Balaban J connectivity index is 1.88. The van der Waals surface area contributed by atoms with Crippen molar-refractivity contribution in [3.63, 3.8) is 0 Å². The summed E-state index contributed by atoms with van der Waals surface area (Å²) in [6.07, 6.45) is 0. The van der Waals surface area contributed by atoms with Crippen LogP contribution in [0.3, 0.4) is 0 Å². The summed E-state index contributed by atoms with van der Waals surface area (Å²) in [6.45, 7) is 0.286. The highest BCUT2D eigenvalue weighted by molar-refractivity contribution is 6.06. The Hall–Kier alpha value is -2.54. The molecule has 3 N–H and O–H groups in total. The average Bonchev–Trinajstić information content (AvgIpc) is 2.93. The number of benzene rings is 2. The molecule has 0 unspecified atom stereocenters. The van der Waals surface area contributed by atoms with E-state index in [-0.39, 0.29) is 19.3 Å². The van der Waals surface area contributed by atoms with Gasteiger partial charge in [0.2, 0.25) is 0 Å². The number of para-hydroxylation sites is 2. The summed E-state index contributed by atoms with van der Waals surface area (Å²) in [7, 11) is 2.00. The number of hydrogen-bond donors (Lipinski definition) is 3. The lowest BCUT2D eigenvalue weighted by molar-refractivity contribution is 0.170. The third-order valence-electron chi connectivity index (χ3n) is 4.62. The lowest BCUT2D eigenvalue weighted by atomic mass is 10.1. The molecule has 128 valence electrons. The second-order valence-corrected chi connectivity index (χ2v) is 6.20. The Bertz CT molecular complexity index is 1050. The van der Waals surface area contributed by atoms with Gasteiger partial charge in [-0.25, -0.2) is 9.97 Å². The van der Waals surface area contributed by atoms with E-state index in [1.54, 1.807) is 0 Å². The number of aryl methyl sites for hydroxylation is 1. The molecule has 2 aromatic heterocycles. The third-order valence-corrected chi connectivity index (χ3v) is 4.62. The first-order chi connectivity index (χ1) is 12.2. The molecule has 25 heavy (non-hydrogen) atoms. The van der Waals surface area contributed by atoms with Crippen molar-refractivity contribution in [3.8, 4) is 0 Å². The van der Waals surface area contributed by atoms with Crippen molar-refractivity contribution >= 4 is 33.1 Å². The second kappa shape index (κ2) is 6.40. The lowest BCUT2D eigenvalue weighted by Crippen LogP contribution is -2.35. The van der Waals surface area contributed by atoms with E-state index in [2.05, 4.69) is 22.0 Å². The van der Waals surface area contributed by atoms with Crippen LogP contribution in [-0.4, -0.2) is 44.0 Å². The predicted octanol–water partition coefficient (Wildman–Crippen LogP) is 1.72. The van der Waals surface area contributed by atoms with Gasteiger partial charge in [0.25, 0.3) is 0 Å². The Kier molecular flexibility index (Phi) is 4.09. The molecule has 0 bridgehead atoms. The van der Waals surface area contributed by atoms with Crippen molar-refractivity contribution in [2.45, 2.75) is 12.6 Å². The maximum absolute atomic E-state index is 9.22. The van der Waals surface area contributed by atoms with Gasteiger partial charge in [-0.05, 0) is 17.7 Å². The van der Waals surface area contributed by atoms with Gasteiger partial charge < -0.3 is 20.1 Å². The molecule has 0 aliphatic heterocycles. The minimum atomic E-state index is -0.343. The molecule has 6 heteroatoms. The molecule has 0 fully saturated rings. The van der Waals surface area contributed by atoms with E-state index in [4.69, 9.17) is 9.97 Å². The summed E-state index contributed by atoms with van der Waals surface area (Å²) in [5, 5.41) is 22.7. The van der Waals surface area contributed by atoms with Crippen LogP contribution in [0.2, 0.25) is 0 Å². The highest BCUT2D eigenvalue weighted by Crippen LogP contribution is 2.27. The first-order valence-corrected chi connectivity index (χ1v) is 8.30. The highest BCUT2D eigenvalue weighted by Gasteiger charge is 2.14. The number of nitrogens with zero attached hydrogens (tertiary/aromatic N) is 3. The van der Waals surface area contributed by atoms with Gasteiger partial charge in [0.05, 0.1) is 35.8 Å². The van der Waals surface area contributed by atoms with Crippen LogP contribution in [-0.2, 0) is 13.6 Å². The molecule has 0 radical (unpaired) electrons. The van der Waals surface area contributed by atoms with E-state index < -0.39 is 0 Å². The van der Waals surface area contributed by atoms with Crippen LogP contribution in [0.5, 0.6) is 0 Å². The van der Waals surface area contributed by atoms with Crippen molar-refractivity contribution in [1.82, 2.24) is 19.9 Å². The minimum absolute atomic E-state index is 0.111. The third kappa shape index (κ3) is 2.64. The maximum Gasteiger partial charge on any atom is 0.160 e. The Labute approximate surface area is 144 Å². The van der Waals surface area contributed by atoms with Crippen LogP contribution < -0.4 is 5.32 Å². The highest BCUT2D eigenvalue weighted by atomic mass is 16.3. The number of fused-ring (bicyclic) bond motifs is 4. The Morgan fingerprint density at radius 2 is 1.80 bits per heavy atom. The molecule has 0 atom stereocenters. The fourth-order valence-electron chi connectivity index (χ4n) is 3.21. The van der Waals surface area contributed by atoms with Crippen molar-refractivity contribution in [2.24, 2.45) is 7.05 Å². The second-order valence-electron chi connectivity index (χ2n) is 6.20. The standard InChI is InChI=1S/C19H20N4O2/c1-23-16-8-3-2-6-14(16)18-19(23)22-17-12(5-4-7-15(17)21-18)9-20-13(10-24)11-25/h2-8,13,20,24-25H,9-11H2,1H3. The fourth-order valence-corrected chi connectivity index (χ4v) is 3.21. The molecule has 6 nitrogen and oxygen atoms in total.